The van der Waals surface area contributed by atoms with E-state index < -0.39 is 32.4 Å². The van der Waals surface area contributed by atoms with Gasteiger partial charge in [-0.25, -0.2) is 8.42 Å². The molecule has 1 N–H and O–H groups in total. The fourth-order valence-corrected chi connectivity index (χ4v) is 14.9. The van der Waals surface area contributed by atoms with Crippen molar-refractivity contribution in [1.82, 2.24) is 4.90 Å². The maximum atomic E-state index is 15.0. The second kappa shape index (κ2) is 9.30. The van der Waals surface area contributed by atoms with Crippen LogP contribution in [0.3, 0.4) is 0 Å². The fraction of sp³-hybridized carbons (Fsp3) is 0.833. The molecule has 5 aliphatic heterocycles. The number of ether oxygens (including phenoxy) is 2. The lowest BCUT2D eigenvalue weighted by atomic mass is 9.42. The molecule has 238 valence electrons. The van der Waals surface area contributed by atoms with Crippen molar-refractivity contribution in [3.8, 4) is 0 Å². The Morgan fingerprint density at radius 2 is 1.77 bits per heavy atom. The summed E-state index contributed by atoms with van der Waals surface area (Å²) < 4.78 is 42.7. The third-order valence-electron chi connectivity index (χ3n) is 15.1. The Morgan fingerprint density at radius 3 is 2.51 bits per heavy atom. The number of piperidine rings is 2. The number of fused-ring (bicyclic) bond motifs is 4. The smallest absolute Gasteiger partial charge is 0.183 e. The van der Waals surface area contributed by atoms with Crippen LogP contribution in [0, 0.1) is 39.9 Å². The van der Waals surface area contributed by atoms with Crippen molar-refractivity contribution in [3.05, 3.63) is 30.3 Å². The van der Waals surface area contributed by atoms with Crippen LogP contribution < -0.4 is 0 Å². The summed E-state index contributed by atoms with van der Waals surface area (Å²) in [7, 11) is -3.87. The van der Waals surface area contributed by atoms with Gasteiger partial charge in [-0.05, 0) is 105 Å². The van der Waals surface area contributed by atoms with Crippen molar-refractivity contribution in [2.75, 3.05) is 13.2 Å². The SMILES string of the molecule is CC(C)[C@H]1CC[C@@]2(C)[C@H]3CC[C@]45CCC[C@H]4[C@@]2(CC(C(O)[C@]2(C)CO[C@@]4(C)CC[C@@H]2O4)S(=O)(=O)c2ccccc2)[C@H]1N5C3. The molecule has 6 nitrogen and oxygen atoms in total. The van der Waals surface area contributed by atoms with Gasteiger partial charge in [0, 0.05) is 30.0 Å². The van der Waals surface area contributed by atoms with Gasteiger partial charge in [0.1, 0.15) is 0 Å². The molecule has 2 saturated carbocycles. The second-order valence-corrected chi connectivity index (χ2v) is 19.1. The van der Waals surface area contributed by atoms with Gasteiger partial charge in [-0.1, -0.05) is 52.3 Å². The third kappa shape index (κ3) is 3.58. The van der Waals surface area contributed by atoms with E-state index in [9.17, 15) is 5.11 Å². The standard InChI is InChI=1S/C36H53NO5S/c1-23(2)26-14-17-33(4)24-13-19-35-16-9-12-28(35)36(33,30(26)37(35)21-24)20-27(43(39,40)25-10-7-6-8-11-25)31(38)32(3)22-41-34(5)18-15-29(32)42-34/h6-8,10-11,23-24,26-31,38H,9,12-22H2,1-5H3/t24-,26+,27?,28+,29-,30-,31?,32+,33-,34+,35+,36-/m0/s1. The Morgan fingerprint density at radius 1 is 1.00 bits per heavy atom. The summed E-state index contributed by atoms with van der Waals surface area (Å²) in [5, 5.41) is 11.8. The molecule has 3 unspecified atom stereocenters. The predicted octanol–water partition coefficient (Wildman–Crippen LogP) is 6.22. The number of aliphatic hydroxyl groups excluding tert-OH is 1. The molecule has 7 heteroatoms. The first-order valence-electron chi connectivity index (χ1n) is 17.4. The highest BCUT2D eigenvalue weighted by Crippen LogP contribution is 2.79. The summed E-state index contributed by atoms with van der Waals surface area (Å²) in [4.78, 5) is 3.30. The summed E-state index contributed by atoms with van der Waals surface area (Å²) in [5.74, 6) is 1.56. The van der Waals surface area contributed by atoms with Crippen LogP contribution in [-0.2, 0) is 19.3 Å². The van der Waals surface area contributed by atoms with E-state index in [0.29, 0.717) is 47.6 Å². The van der Waals surface area contributed by atoms with Gasteiger partial charge in [-0.2, -0.15) is 0 Å². The molecule has 1 aromatic carbocycles. The monoisotopic (exact) mass is 611 g/mol. The molecule has 43 heavy (non-hydrogen) atoms. The molecule has 0 radical (unpaired) electrons. The largest absolute Gasteiger partial charge is 0.391 e. The molecule has 0 aromatic heterocycles. The number of rotatable bonds is 7. The van der Waals surface area contributed by atoms with Crippen LogP contribution in [-0.4, -0.2) is 66.4 Å². The zero-order valence-electron chi connectivity index (χ0n) is 26.9. The van der Waals surface area contributed by atoms with E-state index in [1.807, 2.05) is 32.0 Å². The van der Waals surface area contributed by atoms with Crippen LogP contribution in [0.15, 0.2) is 35.2 Å². The lowest BCUT2D eigenvalue weighted by Crippen LogP contribution is -2.70. The molecule has 2 aliphatic carbocycles. The van der Waals surface area contributed by atoms with Crippen LogP contribution >= 0.6 is 0 Å². The van der Waals surface area contributed by atoms with Crippen molar-refractivity contribution in [1.29, 1.82) is 0 Å². The summed E-state index contributed by atoms with van der Waals surface area (Å²) in [5.41, 5.74) is -0.660. The molecule has 7 bridgehead atoms. The highest BCUT2D eigenvalue weighted by atomic mass is 32.2. The Kier molecular flexibility index (Phi) is 6.36. The lowest BCUT2D eigenvalue weighted by molar-refractivity contribution is -0.303. The number of hydrogen-bond donors (Lipinski definition) is 1. The zero-order valence-corrected chi connectivity index (χ0v) is 27.7. The van der Waals surface area contributed by atoms with Crippen LogP contribution in [0.1, 0.15) is 98.8 Å². The lowest BCUT2D eigenvalue weighted by Gasteiger charge is -2.67. The van der Waals surface area contributed by atoms with Crippen LogP contribution in [0.25, 0.3) is 0 Å². The van der Waals surface area contributed by atoms with E-state index in [0.717, 1.165) is 12.8 Å². The van der Waals surface area contributed by atoms with Crippen molar-refractivity contribution in [2.24, 2.45) is 39.9 Å². The van der Waals surface area contributed by atoms with Gasteiger partial charge in [-0.15, -0.1) is 0 Å². The average Bonchev–Trinajstić information content (AvgIpc) is 3.60. The molecular formula is C36H53NO5S. The number of nitrogens with zero attached hydrogens (tertiary/aromatic N) is 1. The van der Waals surface area contributed by atoms with Gasteiger partial charge in [0.2, 0.25) is 0 Å². The van der Waals surface area contributed by atoms with Gasteiger partial charge >= 0.3 is 0 Å². The second-order valence-electron chi connectivity index (χ2n) is 16.9. The molecule has 1 spiro atoms. The highest BCUT2D eigenvalue weighted by molar-refractivity contribution is 7.92. The van der Waals surface area contributed by atoms with E-state index in [1.54, 1.807) is 12.1 Å². The Hall–Kier alpha value is -0.990. The number of sulfone groups is 1. The minimum Gasteiger partial charge on any atom is -0.391 e. The molecule has 7 aliphatic rings. The Balaban J connectivity index is 1.31. The molecule has 13 atom stereocenters. The van der Waals surface area contributed by atoms with Crippen LogP contribution in [0.2, 0.25) is 0 Å². The molecule has 5 heterocycles. The van der Waals surface area contributed by atoms with Crippen molar-refractivity contribution in [2.45, 2.75) is 139 Å². The van der Waals surface area contributed by atoms with Crippen molar-refractivity contribution < 1.29 is 23.0 Å². The van der Waals surface area contributed by atoms with Crippen molar-refractivity contribution >= 4 is 9.84 Å². The molecule has 7 fully saturated rings. The summed E-state index contributed by atoms with van der Waals surface area (Å²) in [6.07, 6.45) is 9.41. The molecular weight excluding hydrogens is 558 g/mol. The predicted molar refractivity (Wildman–Crippen MR) is 166 cm³/mol. The topological polar surface area (TPSA) is 76.1 Å². The van der Waals surface area contributed by atoms with E-state index in [1.165, 1.54) is 51.5 Å². The first-order chi connectivity index (χ1) is 20.3. The molecule has 5 saturated heterocycles. The minimum absolute atomic E-state index is 0.0728. The Labute approximate surface area is 259 Å². The number of benzene rings is 1. The number of aliphatic hydroxyl groups is 1. The highest BCUT2D eigenvalue weighted by Gasteiger charge is 2.80. The first kappa shape index (κ1) is 29.4. The van der Waals surface area contributed by atoms with Crippen LogP contribution in [0.5, 0.6) is 0 Å². The maximum absolute atomic E-state index is 15.0. The van der Waals surface area contributed by atoms with Gasteiger partial charge in [0.25, 0.3) is 0 Å². The van der Waals surface area contributed by atoms with Gasteiger partial charge in [-0.3, -0.25) is 4.90 Å². The first-order valence-corrected chi connectivity index (χ1v) is 18.9. The summed E-state index contributed by atoms with van der Waals surface area (Å²) in [6.45, 7) is 12.9. The quantitative estimate of drug-likeness (QED) is 0.395. The minimum atomic E-state index is -3.87. The third-order valence-corrected chi connectivity index (χ3v) is 17.2. The maximum Gasteiger partial charge on any atom is 0.183 e. The van der Waals surface area contributed by atoms with E-state index in [4.69, 9.17) is 9.47 Å². The molecule has 8 rings (SSSR count). The molecule has 0 amide bonds. The van der Waals surface area contributed by atoms with E-state index in [-0.39, 0.29) is 22.5 Å². The van der Waals surface area contributed by atoms with Gasteiger partial charge < -0.3 is 14.6 Å². The number of hydrogen-bond acceptors (Lipinski definition) is 6. The van der Waals surface area contributed by atoms with Crippen LogP contribution in [0.4, 0.5) is 0 Å². The Bertz CT molecular complexity index is 1380. The average molecular weight is 612 g/mol. The van der Waals surface area contributed by atoms with E-state index >= 15 is 8.42 Å². The van der Waals surface area contributed by atoms with Gasteiger partial charge in [0.05, 0.1) is 29.0 Å². The zero-order chi connectivity index (χ0) is 30.2. The summed E-state index contributed by atoms with van der Waals surface area (Å²) >= 11 is 0. The summed E-state index contributed by atoms with van der Waals surface area (Å²) in [6, 6.07) is 9.37. The van der Waals surface area contributed by atoms with E-state index in [2.05, 4.69) is 25.7 Å². The van der Waals surface area contributed by atoms with Crippen molar-refractivity contribution in [3.63, 3.8) is 0 Å². The fourth-order valence-electron chi connectivity index (χ4n) is 12.9. The normalized spacial score (nSPS) is 51.0. The van der Waals surface area contributed by atoms with Gasteiger partial charge in [0.15, 0.2) is 15.6 Å². The molecule has 1 aromatic rings.